The van der Waals surface area contributed by atoms with Crippen LogP contribution in [0.15, 0.2) is 18.2 Å². The Hall–Kier alpha value is -1.22. The number of benzene rings is 1. The Morgan fingerprint density at radius 1 is 1.47 bits per heavy atom. The molecule has 0 radical (unpaired) electrons. The molecule has 1 fully saturated rings. The Bertz CT molecular complexity index is 461. The molecular formula is C15H20ClNO2. The SMILES string of the molecule is COc1cc(C(=O)NCC2CCCC2Cl)ccc1C. The standard InChI is InChI=1S/C15H20ClNO2/c1-10-6-7-11(8-14(10)19-2)15(18)17-9-12-4-3-5-13(12)16/h6-8,12-13H,3-5,9H2,1-2H3,(H,17,18). The van der Waals surface area contributed by atoms with Crippen LogP contribution in [0.2, 0.25) is 0 Å². The molecule has 3 nitrogen and oxygen atoms in total. The summed E-state index contributed by atoms with van der Waals surface area (Å²) in [5.74, 6) is 1.08. The van der Waals surface area contributed by atoms with Crippen molar-refractivity contribution >= 4 is 17.5 Å². The zero-order valence-electron chi connectivity index (χ0n) is 11.4. The lowest BCUT2D eigenvalue weighted by atomic mass is 10.1. The summed E-state index contributed by atoms with van der Waals surface area (Å²) in [5.41, 5.74) is 1.65. The van der Waals surface area contributed by atoms with Gasteiger partial charge in [-0.25, -0.2) is 0 Å². The number of alkyl halides is 1. The number of carbonyl (C=O) groups is 1. The summed E-state index contributed by atoms with van der Waals surface area (Å²) in [6.45, 7) is 2.61. The zero-order valence-corrected chi connectivity index (χ0v) is 12.2. The summed E-state index contributed by atoms with van der Waals surface area (Å²) in [7, 11) is 1.61. The number of aryl methyl sites for hydroxylation is 1. The highest BCUT2D eigenvalue weighted by Gasteiger charge is 2.25. The Morgan fingerprint density at radius 3 is 2.89 bits per heavy atom. The maximum absolute atomic E-state index is 12.1. The fraction of sp³-hybridized carbons (Fsp3) is 0.533. The first-order chi connectivity index (χ1) is 9.11. The molecule has 0 heterocycles. The van der Waals surface area contributed by atoms with Gasteiger partial charge in [-0.1, -0.05) is 12.5 Å². The molecule has 2 unspecified atom stereocenters. The van der Waals surface area contributed by atoms with Crippen molar-refractivity contribution in [1.82, 2.24) is 5.32 Å². The van der Waals surface area contributed by atoms with Gasteiger partial charge >= 0.3 is 0 Å². The second-order valence-electron chi connectivity index (χ2n) is 5.10. The highest BCUT2D eigenvalue weighted by Crippen LogP contribution is 2.29. The summed E-state index contributed by atoms with van der Waals surface area (Å²) in [6.07, 6.45) is 3.32. The molecule has 0 aromatic heterocycles. The van der Waals surface area contributed by atoms with E-state index < -0.39 is 0 Å². The topological polar surface area (TPSA) is 38.3 Å². The highest BCUT2D eigenvalue weighted by atomic mass is 35.5. The van der Waals surface area contributed by atoms with Gasteiger partial charge < -0.3 is 10.1 Å². The van der Waals surface area contributed by atoms with E-state index in [2.05, 4.69) is 5.32 Å². The average Bonchev–Trinajstić information content (AvgIpc) is 2.82. The van der Waals surface area contributed by atoms with Gasteiger partial charge in [0.1, 0.15) is 5.75 Å². The van der Waals surface area contributed by atoms with E-state index in [9.17, 15) is 4.79 Å². The lowest BCUT2D eigenvalue weighted by Gasteiger charge is -2.15. The summed E-state index contributed by atoms with van der Waals surface area (Å²) in [5, 5.41) is 3.16. The largest absolute Gasteiger partial charge is 0.496 e. The second-order valence-corrected chi connectivity index (χ2v) is 5.66. The van der Waals surface area contributed by atoms with Crippen molar-refractivity contribution in [3.05, 3.63) is 29.3 Å². The van der Waals surface area contributed by atoms with Crippen molar-refractivity contribution in [2.24, 2.45) is 5.92 Å². The summed E-state index contributed by atoms with van der Waals surface area (Å²) in [4.78, 5) is 12.1. The number of rotatable bonds is 4. The third-order valence-electron chi connectivity index (χ3n) is 3.76. The molecular weight excluding hydrogens is 262 g/mol. The molecule has 1 aromatic carbocycles. The van der Waals surface area contributed by atoms with Crippen LogP contribution in [0, 0.1) is 12.8 Å². The summed E-state index contributed by atoms with van der Waals surface area (Å²) in [6, 6.07) is 5.49. The van der Waals surface area contributed by atoms with Gasteiger partial charge in [0.25, 0.3) is 5.91 Å². The van der Waals surface area contributed by atoms with Crippen LogP contribution in [0.4, 0.5) is 0 Å². The maximum Gasteiger partial charge on any atom is 0.251 e. The van der Waals surface area contributed by atoms with Gasteiger partial charge in [0, 0.05) is 17.5 Å². The summed E-state index contributed by atoms with van der Waals surface area (Å²) >= 11 is 6.20. The van der Waals surface area contributed by atoms with E-state index in [4.69, 9.17) is 16.3 Å². The molecule has 1 amide bonds. The van der Waals surface area contributed by atoms with Crippen molar-refractivity contribution in [3.63, 3.8) is 0 Å². The van der Waals surface area contributed by atoms with Crippen LogP contribution < -0.4 is 10.1 Å². The number of methoxy groups -OCH3 is 1. The number of hydrogen-bond acceptors (Lipinski definition) is 2. The molecule has 0 saturated heterocycles. The van der Waals surface area contributed by atoms with Crippen LogP contribution in [0.5, 0.6) is 5.75 Å². The smallest absolute Gasteiger partial charge is 0.251 e. The molecule has 1 saturated carbocycles. The third kappa shape index (κ3) is 3.41. The van der Waals surface area contributed by atoms with Gasteiger partial charge in [0.05, 0.1) is 7.11 Å². The van der Waals surface area contributed by atoms with Crippen molar-refractivity contribution in [2.45, 2.75) is 31.6 Å². The quantitative estimate of drug-likeness (QED) is 0.861. The predicted molar refractivity (Wildman–Crippen MR) is 77.0 cm³/mol. The molecule has 2 atom stereocenters. The second kappa shape index (κ2) is 6.29. The number of hydrogen-bond donors (Lipinski definition) is 1. The van der Waals surface area contributed by atoms with Crippen molar-refractivity contribution in [3.8, 4) is 5.75 Å². The molecule has 0 aliphatic heterocycles. The normalized spacial score (nSPS) is 22.3. The molecule has 104 valence electrons. The predicted octanol–water partition coefficient (Wildman–Crippen LogP) is 3.14. The van der Waals surface area contributed by atoms with E-state index >= 15 is 0 Å². The van der Waals surface area contributed by atoms with E-state index in [0.29, 0.717) is 18.0 Å². The average molecular weight is 282 g/mol. The fourth-order valence-electron chi connectivity index (χ4n) is 2.51. The number of carbonyl (C=O) groups excluding carboxylic acids is 1. The Labute approximate surface area is 119 Å². The number of amides is 1. The van der Waals surface area contributed by atoms with Crippen LogP contribution in [0.25, 0.3) is 0 Å². The first kappa shape index (κ1) is 14.2. The number of nitrogens with one attached hydrogen (secondary N) is 1. The van der Waals surface area contributed by atoms with Gasteiger partial charge in [-0.15, -0.1) is 11.6 Å². The van der Waals surface area contributed by atoms with Gasteiger partial charge in [-0.3, -0.25) is 4.79 Å². The monoisotopic (exact) mass is 281 g/mol. The lowest BCUT2D eigenvalue weighted by molar-refractivity contribution is 0.0947. The Balaban J connectivity index is 1.96. The van der Waals surface area contributed by atoms with Crippen LogP contribution >= 0.6 is 11.6 Å². The first-order valence-corrected chi connectivity index (χ1v) is 7.12. The number of ether oxygens (including phenoxy) is 1. The molecule has 0 bridgehead atoms. The van der Waals surface area contributed by atoms with Gasteiger partial charge in [-0.05, 0) is 43.4 Å². The van der Waals surface area contributed by atoms with Crippen molar-refractivity contribution in [1.29, 1.82) is 0 Å². The Kier molecular flexibility index (Phi) is 4.70. The van der Waals surface area contributed by atoms with Crippen LogP contribution in [0.1, 0.15) is 35.2 Å². The van der Waals surface area contributed by atoms with Gasteiger partial charge in [-0.2, -0.15) is 0 Å². The molecule has 1 N–H and O–H groups in total. The van der Waals surface area contributed by atoms with Gasteiger partial charge in [0.2, 0.25) is 0 Å². The minimum Gasteiger partial charge on any atom is -0.496 e. The van der Waals surface area contributed by atoms with Crippen LogP contribution in [-0.2, 0) is 0 Å². The lowest BCUT2D eigenvalue weighted by Crippen LogP contribution is -2.31. The van der Waals surface area contributed by atoms with Crippen molar-refractivity contribution < 1.29 is 9.53 Å². The van der Waals surface area contributed by atoms with E-state index in [-0.39, 0.29) is 11.3 Å². The van der Waals surface area contributed by atoms with E-state index in [1.165, 1.54) is 0 Å². The Morgan fingerprint density at radius 2 is 2.26 bits per heavy atom. The first-order valence-electron chi connectivity index (χ1n) is 6.68. The fourth-order valence-corrected chi connectivity index (χ4v) is 2.88. The zero-order chi connectivity index (χ0) is 13.8. The van der Waals surface area contributed by atoms with Crippen molar-refractivity contribution in [2.75, 3.05) is 13.7 Å². The molecule has 0 spiro atoms. The van der Waals surface area contributed by atoms with E-state index in [1.54, 1.807) is 13.2 Å². The third-order valence-corrected chi connectivity index (χ3v) is 4.34. The van der Waals surface area contributed by atoms with Crippen LogP contribution in [-0.4, -0.2) is 24.9 Å². The summed E-state index contributed by atoms with van der Waals surface area (Å²) < 4.78 is 5.23. The maximum atomic E-state index is 12.1. The van der Waals surface area contributed by atoms with Gasteiger partial charge in [0.15, 0.2) is 0 Å². The number of halogens is 1. The molecule has 19 heavy (non-hydrogen) atoms. The van der Waals surface area contributed by atoms with E-state index in [1.807, 2.05) is 19.1 Å². The molecule has 1 aliphatic carbocycles. The molecule has 2 rings (SSSR count). The highest BCUT2D eigenvalue weighted by molar-refractivity contribution is 6.21. The minimum atomic E-state index is -0.0610. The molecule has 1 aromatic rings. The molecule has 4 heteroatoms. The molecule has 1 aliphatic rings. The van der Waals surface area contributed by atoms with E-state index in [0.717, 1.165) is 30.6 Å². The minimum absolute atomic E-state index is 0.0610. The van der Waals surface area contributed by atoms with Crippen LogP contribution in [0.3, 0.4) is 0 Å².